The summed E-state index contributed by atoms with van der Waals surface area (Å²) in [5.41, 5.74) is 0.972. The fraction of sp³-hybridized carbons (Fsp3) is 0.538. The molecule has 0 spiro atoms. The molecule has 0 bridgehead atoms. The minimum absolute atomic E-state index is 0.0435. The number of rotatable bonds is 3. The van der Waals surface area contributed by atoms with E-state index in [1.807, 2.05) is 18.4 Å². The van der Waals surface area contributed by atoms with E-state index in [4.69, 9.17) is 4.74 Å². The van der Waals surface area contributed by atoms with Crippen LogP contribution in [0.15, 0.2) is 11.4 Å². The van der Waals surface area contributed by atoms with E-state index < -0.39 is 6.04 Å². The molecule has 1 aliphatic rings. The lowest BCUT2D eigenvalue weighted by Crippen LogP contribution is -2.41. The summed E-state index contributed by atoms with van der Waals surface area (Å²) >= 11 is 1.43. The quantitative estimate of drug-likeness (QED) is 0.789. The van der Waals surface area contributed by atoms with E-state index in [0.717, 1.165) is 16.9 Å². The number of aryl methyl sites for hydroxylation is 1. The molecular formula is C13H17NO3S. The summed E-state index contributed by atoms with van der Waals surface area (Å²) in [4.78, 5) is 26.6. The highest BCUT2D eigenvalue weighted by molar-refractivity contribution is 7.12. The smallest absolute Gasteiger partial charge is 0.328 e. The molecule has 0 aliphatic carbocycles. The van der Waals surface area contributed by atoms with E-state index >= 15 is 0 Å². The van der Waals surface area contributed by atoms with E-state index in [2.05, 4.69) is 0 Å². The highest BCUT2D eigenvalue weighted by Crippen LogP contribution is 2.25. The Balaban J connectivity index is 2.15. The summed E-state index contributed by atoms with van der Waals surface area (Å²) in [6.45, 7) is 4.69. The third-order valence-electron chi connectivity index (χ3n) is 3.13. The van der Waals surface area contributed by atoms with Crippen molar-refractivity contribution < 1.29 is 14.3 Å². The number of hydrogen-bond acceptors (Lipinski definition) is 4. The molecule has 1 unspecified atom stereocenters. The van der Waals surface area contributed by atoms with Crippen molar-refractivity contribution in [2.45, 2.75) is 32.7 Å². The van der Waals surface area contributed by atoms with Crippen LogP contribution in [0, 0.1) is 6.92 Å². The second kappa shape index (κ2) is 5.52. The Hall–Kier alpha value is -1.36. The lowest BCUT2D eigenvalue weighted by atomic mass is 10.2. The molecule has 98 valence electrons. The van der Waals surface area contributed by atoms with Crippen molar-refractivity contribution in [2.75, 3.05) is 13.2 Å². The van der Waals surface area contributed by atoms with Crippen molar-refractivity contribution >= 4 is 23.2 Å². The molecule has 2 rings (SSSR count). The van der Waals surface area contributed by atoms with Crippen LogP contribution in [-0.2, 0) is 9.53 Å². The number of hydrogen-bond donors (Lipinski definition) is 0. The van der Waals surface area contributed by atoms with E-state index in [9.17, 15) is 9.59 Å². The Morgan fingerprint density at radius 1 is 1.56 bits per heavy atom. The minimum atomic E-state index is -0.404. The lowest BCUT2D eigenvalue weighted by Gasteiger charge is -2.22. The first-order valence-electron chi connectivity index (χ1n) is 6.16. The maximum absolute atomic E-state index is 12.4. The molecule has 1 fully saturated rings. The monoisotopic (exact) mass is 267 g/mol. The number of ether oxygens (including phenoxy) is 1. The first-order valence-corrected chi connectivity index (χ1v) is 7.04. The van der Waals surface area contributed by atoms with Gasteiger partial charge in [0.25, 0.3) is 5.91 Å². The summed E-state index contributed by atoms with van der Waals surface area (Å²) in [6, 6.07) is 1.52. The molecule has 0 saturated carbocycles. The van der Waals surface area contributed by atoms with Crippen LogP contribution in [0.2, 0.25) is 0 Å². The van der Waals surface area contributed by atoms with Crippen LogP contribution in [0.3, 0.4) is 0 Å². The second-order valence-corrected chi connectivity index (χ2v) is 5.26. The summed E-state index contributed by atoms with van der Waals surface area (Å²) < 4.78 is 5.02. The van der Waals surface area contributed by atoms with E-state index in [-0.39, 0.29) is 11.9 Å². The predicted molar refractivity (Wildman–Crippen MR) is 69.7 cm³/mol. The minimum Gasteiger partial charge on any atom is -0.464 e. The average molecular weight is 267 g/mol. The van der Waals surface area contributed by atoms with Crippen LogP contribution >= 0.6 is 11.3 Å². The fourth-order valence-corrected chi connectivity index (χ4v) is 3.10. The van der Waals surface area contributed by atoms with Crippen molar-refractivity contribution in [1.29, 1.82) is 0 Å². The standard InChI is InChI=1S/C13H17NO3S/c1-3-17-13(16)10-5-4-7-14(10)12(15)11-9(2)6-8-18-11/h6,8,10H,3-5,7H2,1-2H3. The third kappa shape index (κ3) is 2.41. The van der Waals surface area contributed by atoms with Crippen LogP contribution < -0.4 is 0 Å². The molecule has 1 saturated heterocycles. The van der Waals surface area contributed by atoms with Crippen LogP contribution in [-0.4, -0.2) is 36.0 Å². The van der Waals surface area contributed by atoms with E-state index in [1.165, 1.54) is 11.3 Å². The molecule has 2 heterocycles. The SMILES string of the molecule is CCOC(=O)C1CCCN1C(=O)c1sccc1C. The predicted octanol–water partition coefficient (Wildman–Crippen LogP) is 2.22. The fourth-order valence-electron chi connectivity index (χ4n) is 2.22. The second-order valence-electron chi connectivity index (χ2n) is 4.34. The summed E-state index contributed by atoms with van der Waals surface area (Å²) in [6.07, 6.45) is 1.56. The molecule has 5 heteroatoms. The number of amides is 1. The maximum atomic E-state index is 12.4. The molecule has 1 atom stereocenters. The van der Waals surface area contributed by atoms with Gasteiger partial charge in [-0.25, -0.2) is 4.79 Å². The highest BCUT2D eigenvalue weighted by atomic mass is 32.1. The van der Waals surface area contributed by atoms with Crippen LogP contribution in [0.5, 0.6) is 0 Å². The summed E-state index contributed by atoms with van der Waals surface area (Å²) in [5, 5.41) is 1.90. The Bertz CT molecular complexity index is 455. The van der Waals surface area contributed by atoms with E-state index in [0.29, 0.717) is 19.6 Å². The van der Waals surface area contributed by atoms with Gasteiger partial charge in [0.2, 0.25) is 0 Å². The Morgan fingerprint density at radius 2 is 2.33 bits per heavy atom. The van der Waals surface area contributed by atoms with E-state index in [1.54, 1.807) is 11.8 Å². The van der Waals surface area contributed by atoms with Gasteiger partial charge >= 0.3 is 5.97 Å². The Kier molecular flexibility index (Phi) is 4.01. The normalized spacial score (nSPS) is 19.0. The molecule has 18 heavy (non-hydrogen) atoms. The Morgan fingerprint density at radius 3 is 2.94 bits per heavy atom. The zero-order valence-corrected chi connectivity index (χ0v) is 11.5. The van der Waals surface area contributed by atoms with Crippen LogP contribution in [0.4, 0.5) is 0 Å². The van der Waals surface area contributed by atoms with Gasteiger partial charge in [-0.15, -0.1) is 11.3 Å². The molecule has 1 amide bonds. The van der Waals surface area contributed by atoms with Crippen molar-refractivity contribution in [3.8, 4) is 0 Å². The molecule has 0 radical (unpaired) electrons. The van der Waals surface area contributed by atoms with Crippen molar-refractivity contribution in [3.05, 3.63) is 21.9 Å². The molecule has 1 aliphatic heterocycles. The zero-order chi connectivity index (χ0) is 13.1. The van der Waals surface area contributed by atoms with Gasteiger partial charge in [0.05, 0.1) is 11.5 Å². The molecule has 0 aromatic carbocycles. The van der Waals surface area contributed by atoms with Gasteiger partial charge in [0.1, 0.15) is 6.04 Å². The number of likely N-dealkylation sites (tertiary alicyclic amines) is 1. The van der Waals surface area contributed by atoms with Crippen LogP contribution in [0.25, 0.3) is 0 Å². The highest BCUT2D eigenvalue weighted by Gasteiger charge is 2.36. The third-order valence-corrected chi connectivity index (χ3v) is 4.13. The van der Waals surface area contributed by atoms with Crippen LogP contribution in [0.1, 0.15) is 35.0 Å². The largest absolute Gasteiger partial charge is 0.464 e. The number of esters is 1. The van der Waals surface area contributed by atoms with Gasteiger partial charge in [0.15, 0.2) is 0 Å². The number of carbonyl (C=O) groups is 2. The maximum Gasteiger partial charge on any atom is 0.328 e. The molecule has 1 aromatic rings. The van der Waals surface area contributed by atoms with Gasteiger partial charge in [-0.2, -0.15) is 0 Å². The van der Waals surface area contributed by atoms with Gasteiger partial charge in [-0.05, 0) is 43.7 Å². The first kappa shape index (κ1) is 13.1. The average Bonchev–Trinajstić information content (AvgIpc) is 2.96. The van der Waals surface area contributed by atoms with Crippen molar-refractivity contribution in [1.82, 2.24) is 4.90 Å². The first-order chi connectivity index (χ1) is 8.65. The van der Waals surface area contributed by atoms with Gasteiger partial charge in [-0.3, -0.25) is 4.79 Å². The number of nitrogens with zero attached hydrogens (tertiary/aromatic N) is 1. The van der Waals surface area contributed by atoms with Gasteiger partial charge < -0.3 is 9.64 Å². The zero-order valence-electron chi connectivity index (χ0n) is 10.6. The lowest BCUT2D eigenvalue weighted by molar-refractivity contribution is -0.147. The topological polar surface area (TPSA) is 46.6 Å². The van der Waals surface area contributed by atoms with Crippen molar-refractivity contribution in [2.24, 2.45) is 0 Å². The molecule has 4 nitrogen and oxygen atoms in total. The Labute approximate surface area is 111 Å². The van der Waals surface area contributed by atoms with Crippen molar-refractivity contribution in [3.63, 3.8) is 0 Å². The van der Waals surface area contributed by atoms with Gasteiger partial charge in [-0.1, -0.05) is 0 Å². The number of carbonyl (C=O) groups excluding carboxylic acids is 2. The molecule has 0 N–H and O–H groups in total. The molecule has 1 aromatic heterocycles. The van der Waals surface area contributed by atoms with Gasteiger partial charge in [0, 0.05) is 6.54 Å². The summed E-state index contributed by atoms with van der Waals surface area (Å²) in [5.74, 6) is -0.324. The number of thiophene rings is 1. The molecular weight excluding hydrogens is 250 g/mol. The summed E-state index contributed by atoms with van der Waals surface area (Å²) in [7, 11) is 0.